The van der Waals surface area contributed by atoms with Gasteiger partial charge in [-0.2, -0.15) is 0 Å². The first-order chi connectivity index (χ1) is 17.1. The zero-order valence-electron chi connectivity index (χ0n) is 20.0. The number of benzene rings is 2. The van der Waals surface area contributed by atoms with E-state index >= 15 is 0 Å². The van der Waals surface area contributed by atoms with Gasteiger partial charge in [0, 0.05) is 17.5 Å². The minimum Gasteiger partial charge on any atom is -0.495 e. The summed E-state index contributed by atoms with van der Waals surface area (Å²) in [5, 5.41) is 6.05. The molecule has 1 heterocycles. The number of hydrogen-bond acceptors (Lipinski definition) is 5. The van der Waals surface area contributed by atoms with Crippen molar-refractivity contribution < 1.29 is 9.53 Å². The lowest BCUT2D eigenvalue weighted by atomic mass is 9.95. The van der Waals surface area contributed by atoms with Crippen molar-refractivity contribution in [3.05, 3.63) is 90.3 Å². The first-order valence-corrected chi connectivity index (χ1v) is 12.1. The highest BCUT2D eigenvalue weighted by Crippen LogP contribution is 2.40. The Hall–Kier alpha value is -3.93. The molecule has 2 aromatic carbocycles. The summed E-state index contributed by atoms with van der Waals surface area (Å²) < 4.78 is 5.51. The average molecular weight is 467 g/mol. The standard InChI is InChI=1S/C29H30N4O2/c1-3-28(34)31-22-12-13-27(35-2)26(18-22)33-29-30-15-14-25(32-29)24-17-20(16-19-8-9-19)10-11-21-6-4-5-7-23(21)24/h3-7,12-15,17-20H,1,8-11,16H2,2H3,(H,31,34)(H,30,32,33). The van der Waals surface area contributed by atoms with Crippen molar-refractivity contribution in [2.75, 3.05) is 17.7 Å². The number of methoxy groups -OCH3 is 1. The summed E-state index contributed by atoms with van der Waals surface area (Å²) in [7, 11) is 1.60. The van der Waals surface area contributed by atoms with Crippen molar-refractivity contribution in [3.63, 3.8) is 0 Å². The number of fused-ring (bicyclic) bond motifs is 1. The Labute approximate surface area is 206 Å². The van der Waals surface area contributed by atoms with E-state index in [4.69, 9.17) is 9.72 Å². The third-order valence-corrected chi connectivity index (χ3v) is 6.66. The van der Waals surface area contributed by atoms with Crippen LogP contribution in [0.15, 0.2) is 73.5 Å². The fourth-order valence-corrected chi connectivity index (χ4v) is 4.71. The molecule has 178 valence electrons. The molecule has 1 fully saturated rings. The summed E-state index contributed by atoms with van der Waals surface area (Å²) in [5.41, 5.74) is 5.98. The van der Waals surface area contributed by atoms with E-state index in [9.17, 15) is 4.79 Å². The number of nitrogens with one attached hydrogen (secondary N) is 2. The lowest BCUT2D eigenvalue weighted by Crippen LogP contribution is -2.08. The van der Waals surface area contributed by atoms with Gasteiger partial charge in [0.05, 0.1) is 18.5 Å². The van der Waals surface area contributed by atoms with Crippen LogP contribution in [0.25, 0.3) is 5.57 Å². The monoisotopic (exact) mass is 466 g/mol. The fourth-order valence-electron chi connectivity index (χ4n) is 4.71. The highest BCUT2D eigenvalue weighted by Gasteiger charge is 2.27. The Morgan fingerprint density at radius 1 is 1.17 bits per heavy atom. The van der Waals surface area contributed by atoms with Crippen LogP contribution in [0, 0.1) is 11.8 Å². The van der Waals surface area contributed by atoms with Crippen molar-refractivity contribution in [1.82, 2.24) is 9.97 Å². The number of carbonyl (C=O) groups excluding carboxylic acids is 1. The lowest BCUT2D eigenvalue weighted by molar-refractivity contribution is -0.111. The van der Waals surface area contributed by atoms with Crippen molar-refractivity contribution in [1.29, 1.82) is 0 Å². The van der Waals surface area contributed by atoms with E-state index in [0.717, 1.165) is 18.0 Å². The zero-order chi connectivity index (χ0) is 24.2. The molecule has 1 unspecified atom stereocenters. The Morgan fingerprint density at radius 2 is 2.03 bits per heavy atom. The van der Waals surface area contributed by atoms with Gasteiger partial charge in [-0.15, -0.1) is 0 Å². The second-order valence-corrected chi connectivity index (χ2v) is 9.21. The molecule has 0 aliphatic heterocycles. The summed E-state index contributed by atoms with van der Waals surface area (Å²) in [6.07, 6.45) is 11.7. The van der Waals surface area contributed by atoms with Gasteiger partial charge >= 0.3 is 0 Å². The zero-order valence-corrected chi connectivity index (χ0v) is 20.0. The molecule has 0 spiro atoms. The molecule has 0 radical (unpaired) electrons. The molecular formula is C29H30N4O2. The van der Waals surface area contributed by atoms with Gasteiger partial charge in [0.25, 0.3) is 0 Å². The van der Waals surface area contributed by atoms with Crippen LogP contribution in [0.5, 0.6) is 5.75 Å². The minimum atomic E-state index is -0.279. The second-order valence-electron chi connectivity index (χ2n) is 9.21. The Bertz CT molecular complexity index is 1280. The lowest BCUT2D eigenvalue weighted by Gasteiger charge is -2.15. The first kappa shape index (κ1) is 22.8. The van der Waals surface area contributed by atoms with E-state index in [1.54, 1.807) is 31.5 Å². The summed E-state index contributed by atoms with van der Waals surface area (Å²) in [5.74, 6) is 2.25. The summed E-state index contributed by atoms with van der Waals surface area (Å²) in [6.45, 7) is 3.50. The number of aryl methyl sites for hydroxylation is 1. The molecule has 1 saturated carbocycles. The van der Waals surface area contributed by atoms with E-state index in [-0.39, 0.29) is 5.91 Å². The number of allylic oxidation sites excluding steroid dienone is 1. The van der Waals surface area contributed by atoms with E-state index in [1.165, 1.54) is 48.5 Å². The smallest absolute Gasteiger partial charge is 0.247 e. The van der Waals surface area contributed by atoms with Crippen LogP contribution in [0.2, 0.25) is 0 Å². The summed E-state index contributed by atoms with van der Waals surface area (Å²) in [6, 6.07) is 16.0. The minimum absolute atomic E-state index is 0.279. The quantitative estimate of drug-likeness (QED) is 0.390. The SMILES string of the molecule is C=CC(=O)Nc1ccc(OC)c(Nc2nccc(C3=CC(CC4CC4)CCc4ccccc43)n2)c1. The molecule has 0 bridgehead atoms. The number of carbonyl (C=O) groups is 1. The van der Waals surface area contributed by atoms with Crippen LogP contribution in [0.3, 0.4) is 0 Å². The Kier molecular flexibility index (Phi) is 6.62. The molecule has 2 aliphatic carbocycles. The maximum atomic E-state index is 11.7. The fraction of sp³-hybridized carbons (Fsp3) is 0.276. The molecule has 1 aromatic heterocycles. The van der Waals surface area contributed by atoms with Gasteiger partial charge in [0.1, 0.15) is 5.75 Å². The number of aromatic nitrogens is 2. The van der Waals surface area contributed by atoms with Crippen molar-refractivity contribution >= 4 is 28.8 Å². The van der Waals surface area contributed by atoms with Gasteiger partial charge in [0.2, 0.25) is 11.9 Å². The average Bonchev–Trinajstić information content (AvgIpc) is 3.72. The van der Waals surface area contributed by atoms with Gasteiger partial charge < -0.3 is 15.4 Å². The molecule has 2 N–H and O–H groups in total. The molecule has 1 atom stereocenters. The maximum absolute atomic E-state index is 11.7. The van der Waals surface area contributed by atoms with Crippen LogP contribution >= 0.6 is 0 Å². The molecule has 0 saturated heterocycles. The second kappa shape index (κ2) is 10.1. The molecule has 2 aliphatic rings. The van der Waals surface area contributed by atoms with E-state index < -0.39 is 0 Å². The number of nitrogens with zero attached hydrogens (tertiary/aromatic N) is 2. The molecule has 5 rings (SSSR count). The number of rotatable bonds is 8. The van der Waals surface area contributed by atoms with E-state index in [2.05, 4.69) is 52.5 Å². The van der Waals surface area contributed by atoms with Gasteiger partial charge in [-0.1, -0.05) is 49.8 Å². The Morgan fingerprint density at radius 3 is 2.83 bits per heavy atom. The van der Waals surface area contributed by atoms with Crippen LogP contribution in [-0.2, 0) is 11.2 Å². The summed E-state index contributed by atoms with van der Waals surface area (Å²) in [4.78, 5) is 21.1. The van der Waals surface area contributed by atoms with Crippen molar-refractivity contribution in [2.45, 2.75) is 32.1 Å². The number of hydrogen-bond donors (Lipinski definition) is 2. The largest absolute Gasteiger partial charge is 0.495 e. The normalized spacial score (nSPS) is 16.9. The van der Waals surface area contributed by atoms with Gasteiger partial charge in [-0.05, 0) is 72.6 Å². The van der Waals surface area contributed by atoms with Gasteiger partial charge in [-0.3, -0.25) is 4.79 Å². The van der Waals surface area contributed by atoms with E-state index in [0.29, 0.717) is 29.0 Å². The molecule has 3 aromatic rings. The van der Waals surface area contributed by atoms with E-state index in [1.807, 2.05) is 6.07 Å². The van der Waals surface area contributed by atoms with Crippen LogP contribution in [-0.4, -0.2) is 23.0 Å². The summed E-state index contributed by atoms with van der Waals surface area (Å²) >= 11 is 0. The first-order valence-electron chi connectivity index (χ1n) is 12.1. The number of anilines is 3. The topological polar surface area (TPSA) is 76.1 Å². The van der Waals surface area contributed by atoms with Gasteiger partial charge in [0.15, 0.2) is 0 Å². The third kappa shape index (κ3) is 5.43. The highest BCUT2D eigenvalue weighted by molar-refractivity contribution is 5.99. The predicted molar refractivity (Wildman–Crippen MR) is 140 cm³/mol. The van der Waals surface area contributed by atoms with Crippen LogP contribution in [0.4, 0.5) is 17.3 Å². The van der Waals surface area contributed by atoms with Crippen molar-refractivity contribution in [2.24, 2.45) is 11.8 Å². The van der Waals surface area contributed by atoms with Crippen LogP contribution in [0.1, 0.15) is 42.5 Å². The van der Waals surface area contributed by atoms with Gasteiger partial charge in [-0.25, -0.2) is 9.97 Å². The molecule has 6 nitrogen and oxygen atoms in total. The highest BCUT2D eigenvalue weighted by atomic mass is 16.5. The van der Waals surface area contributed by atoms with Crippen LogP contribution < -0.4 is 15.4 Å². The molecule has 6 heteroatoms. The Balaban J connectivity index is 1.47. The maximum Gasteiger partial charge on any atom is 0.247 e. The molecule has 1 amide bonds. The number of ether oxygens (including phenoxy) is 1. The molecule has 35 heavy (non-hydrogen) atoms. The number of amides is 1. The predicted octanol–water partition coefficient (Wildman–Crippen LogP) is 6.15. The van der Waals surface area contributed by atoms with Crippen molar-refractivity contribution in [3.8, 4) is 5.75 Å². The molecular weight excluding hydrogens is 436 g/mol. The third-order valence-electron chi connectivity index (χ3n) is 6.66.